The molecule has 0 fully saturated rings. The Morgan fingerprint density at radius 2 is 0.369 bits per heavy atom. The molecule has 6 heterocycles. The van der Waals surface area contributed by atoms with Crippen LogP contribution in [0.15, 0.2) is 473 Å². The Labute approximate surface area is 817 Å². The number of hydrogen-bond acceptors (Lipinski definition) is 0. The maximum Gasteiger partial charge on any atom is 0.0619 e. The summed E-state index contributed by atoms with van der Waals surface area (Å²) in [7, 11) is 0. The van der Waals surface area contributed by atoms with Crippen molar-refractivity contribution < 1.29 is 0 Å². The molecule has 0 saturated heterocycles. The van der Waals surface area contributed by atoms with E-state index in [0.717, 1.165) is 0 Å². The van der Waals surface area contributed by atoms with Crippen molar-refractivity contribution in [2.75, 3.05) is 0 Å². The van der Waals surface area contributed by atoms with E-state index in [1.165, 1.54) is 265 Å². The van der Waals surface area contributed by atoms with Gasteiger partial charge in [-0.1, -0.05) is 339 Å². The van der Waals surface area contributed by atoms with E-state index in [1.807, 2.05) is 0 Å². The molecule has 0 atom stereocenters. The molecule has 0 amide bonds. The average molecular weight is 1800 g/mol. The molecule has 3 aliphatic rings. The van der Waals surface area contributed by atoms with E-state index in [2.05, 4.69) is 542 Å². The topological polar surface area (TPSA) is 29.6 Å². The van der Waals surface area contributed by atoms with Crippen LogP contribution in [0.2, 0.25) is 0 Å². The highest BCUT2D eigenvalue weighted by atomic mass is 15.0. The van der Waals surface area contributed by atoms with Gasteiger partial charge in [-0.25, -0.2) is 0 Å². The van der Waals surface area contributed by atoms with Crippen molar-refractivity contribution in [1.29, 1.82) is 0 Å². The van der Waals surface area contributed by atoms with E-state index in [4.69, 9.17) is 0 Å². The Kier molecular flexibility index (Phi) is 18.1. The molecule has 0 saturated carbocycles. The maximum atomic E-state index is 2.50. The lowest BCUT2D eigenvalue weighted by Crippen LogP contribution is -2.14. The van der Waals surface area contributed by atoms with Crippen LogP contribution in [0.5, 0.6) is 0 Å². The predicted octanol–water partition coefficient (Wildman–Crippen LogP) is 35.6. The summed E-state index contributed by atoms with van der Waals surface area (Å²) in [6.45, 7) is 14.2. The van der Waals surface area contributed by atoms with Gasteiger partial charge in [0.25, 0.3) is 0 Å². The molecule has 141 heavy (non-hydrogen) atoms. The first-order valence-corrected chi connectivity index (χ1v) is 49.4. The van der Waals surface area contributed by atoms with Gasteiger partial charge in [-0.3, -0.25) is 0 Å². The van der Waals surface area contributed by atoms with Gasteiger partial charge in [-0.15, -0.1) is 0 Å². The number of benzene rings is 21. The summed E-state index contributed by atoms with van der Waals surface area (Å²) in [6.07, 6.45) is 0. The molecular weight excluding hydrogens is 1710 g/mol. The normalized spacial score (nSPS) is 13.5. The van der Waals surface area contributed by atoms with Crippen molar-refractivity contribution in [1.82, 2.24) is 27.4 Å². The van der Waals surface area contributed by atoms with Crippen LogP contribution in [0.1, 0.15) is 74.9 Å². The van der Waals surface area contributed by atoms with Crippen LogP contribution in [0, 0.1) is 0 Å². The van der Waals surface area contributed by atoms with Gasteiger partial charge in [0, 0.05) is 121 Å². The minimum Gasteiger partial charge on any atom is -0.309 e. The van der Waals surface area contributed by atoms with E-state index in [9.17, 15) is 0 Å². The van der Waals surface area contributed by atoms with Crippen molar-refractivity contribution in [3.8, 4) is 101 Å². The minimum absolute atomic E-state index is 0.0579. The van der Waals surface area contributed by atoms with E-state index in [0.29, 0.717) is 0 Å². The second kappa shape index (κ2) is 31.2. The van der Waals surface area contributed by atoms with Crippen LogP contribution in [0.3, 0.4) is 0 Å². The first kappa shape index (κ1) is 81.7. The molecule has 21 aromatic carbocycles. The van der Waals surface area contributed by atoms with Gasteiger partial charge in [0.2, 0.25) is 0 Å². The molecule has 666 valence electrons. The second-order valence-electron chi connectivity index (χ2n) is 40.2. The quantitative estimate of drug-likeness (QED) is 0.138. The number of nitrogens with zero attached hydrogens (tertiary/aromatic N) is 6. The summed E-state index contributed by atoms with van der Waals surface area (Å²) in [5.41, 5.74) is 45.5. The van der Waals surface area contributed by atoms with Crippen molar-refractivity contribution in [2.45, 2.75) is 57.8 Å². The molecule has 0 bridgehead atoms. The molecule has 0 spiro atoms. The van der Waals surface area contributed by atoms with Crippen LogP contribution >= 0.6 is 0 Å². The molecule has 6 nitrogen and oxygen atoms in total. The largest absolute Gasteiger partial charge is 0.309 e. The molecule has 3 aliphatic carbocycles. The summed E-state index contributed by atoms with van der Waals surface area (Å²) >= 11 is 0. The zero-order valence-electron chi connectivity index (χ0n) is 79.2. The van der Waals surface area contributed by atoms with E-state index in [-0.39, 0.29) is 16.2 Å². The number of fused-ring (bicyclic) bond motifs is 27. The molecule has 0 aliphatic heterocycles. The predicted molar refractivity (Wildman–Crippen MR) is 594 cm³/mol. The van der Waals surface area contributed by atoms with Gasteiger partial charge in [0.15, 0.2) is 0 Å². The smallest absolute Gasteiger partial charge is 0.0619 e. The Bertz CT molecular complexity index is 9860. The fourth-order valence-electron chi connectivity index (χ4n) is 24.8. The summed E-state index contributed by atoms with van der Waals surface area (Å²) < 4.78 is 14.6. The molecule has 27 aromatic rings. The Morgan fingerprint density at radius 3 is 0.794 bits per heavy atom. The fourth-order valence-corrected chi connectivity index (χ4v) is 24.8. The van der Waals surface area contributed by atoms with Gasteiger partial charge in [-0.05, 0) is 271 Å². The monoisotopic (exact) mass is 1800 g/mol. The highest BCUT2D eigenvalue weighted by Gasteiger charge is 2.40. The third kappa shape index (κ3) is 12.3. The lowest BCUT2D eigenvalue weighted by atomic mass is 9.82. The number of rotatable bonds is 9. The van der Waals surface area contributed by atoms with Gasteiger partial charge in [0.05, 0.1) is 66.2 Å². The Morgan fingerprint density at radius 1 is 0.128 bits per heavy atom. The molecule has 0 unspecified atom stereocenters. The number of aromatic nitrogens is 6. The SMILES string of the molecule is CC1(C)c2ccccc2-c2cc3c(cc21)c1cc(-c2ccc4c5ccccc5n(-c5ccccc5)c4c2)ccc1n3-c1ccccc1.CC1(C)c2ccccc2-c2cc3c4ccc(-c5ccc6c(c5)c5ccccc5n6-c5ccccc5)cc4n(-c4ccccc4)c3cc21.CC1(C)c2ccccc2-c2cc3c4cccc(-c5ccc6c(c5)c5ccccc5n6-c5ccccc5)c4n(-c4ccccc4)c3cc21. The van der Waals surface area contributed by atoms with Gasteiger partial charge in [-0.2, -0.15) is 0 Å². The highest BCUT2D eigenvalue weighted by molar-refractivity contribution is 6.20. The third-order valence-corrected chi connectivity index (χ3v) is 31.5. The van der Waals surface area contributed by atoms with Gasteiger partial charge < -0.3 is 27.4 Å². The first-order chi connectivity index (χ1) is 69.2. The van der Waals surface area contributed by atoms with Crippen molar-refractivity contribution in [2.24, 2.45) is 0 Å². The molecule has 6 aromatic heterocycles. The molecule has 0 radical (unpaired) electrons. The first-order valence-electron chi connectivity index (χ1n) is 49.4. The number of hydrogen-bond donors (Lipinski definition) is 0. The van der Waals surface area contributed by atoms with Crippen molar-refractivity contribution in [3.63, 3.8) is 0 Å². The van der Waals surface area contributed by atoms with Crippen LogP contribution in [0.4, 0.5) is 0 Å². The third-order valence-electron chi connectivity index (χ3n) is 31.5. The van der Waals surface area contributed by atoms with Crippen LogP contribution < -0.4 is 0 Å². The summed E-state index contributed by atoms with van der Waals surface area (Å²) in [4.78, 5) is 0. The van der Waals surface area contributed by atoms with E-state index < -0.39 is 0 Å². The van der Waals surface area contributed by atoms with Gasteiger partial charge in [0.1, 0.15) is 0 Å². The lowest BCUT2D eigenvalue weighted by Gasteiger charge is -2.21. The van der Waals surface area contributed by atoms with Crippen LogP contribution in [-0.4, -0.2) is 27.4 Å². The highest BCUT2D eigenvalue weighted by Crippen LogP contribution is 2.57. The zero-order valence-corrected chi connectivity index (χ0v) is 79.2. The van der Waals surface area contributed by atoms with Gasteiger partial charge >= 0.3 is 0 Å². The summed E-state index contributed by atoms with van der Waals surface area (Å²) in [6, 6.07) is 174. The molecule has 6 heteroatoms. The maximum absolute atomic E-state index is 2.50. The molecule has 0 N–H and O–H groups in total. The van der Waals surface area contributed by atoms with E-state index >= 15 is 0 Å². The van der Waals surface area contributed by atoms with Crippen molar-refractivity contribution >= 4 is 131 Å². The van der Waals surface area contributed by atoms with Crippen LogP contribution in [-0.2, 0) is 16.2 Å². The summed E-state index contributed by atoms with van der Waals surface area (Å²) in [5, 5.41) is 15.3. The van der Waals surface area contributed by atoms with Crippen LogP contribution in [0.25, 0.3) is 232 Å². The number of para-hydroxylation sites is 10. The second-order valence-corrected chi connectivity index (χ2v) is 40.2. The Balaban J connectivity index is 0.000000104. The standard InChI is InChI=1S/3C45H32N2/c1-45(2)39-22-11-9-18-33(39)36-27-38-35-21-13-20-32(44(35)47(43(38)28-40(36)45)31-16-7-4-8-17-31)29-24-25-42-37(26-29)34-19-10-12-23-41(34)46(42)30-14-5-3-6-15-30;1-45(2)39-19-11-9-17-33(39)36-27-38-35-23-21-30(26-43(35)47(44(38)28-40(36)45)32-15-7-4-8-16-32)29-22-24-42-37(25-29)34-18-10-12-20-41(34)46(42)31-13-5-3-6-14-31;1-45(2)39-19-11-9-17-33(39)36-28-44-38(27-40(36)45)37-25-29(22-24-42(37)47(44)32-15-7-4-8-16-32)30-21-23-35-34-18-10-12-20-41(34)46(43(35)26-30)31-13-5-3-6-14-31/h3*3-28H,1-2H3. The Hall–Kier alpha value is -17.6. The van der Waals surface area contributed by atoms with Crippen molar-refractivity contribution in [3.05, 3.63) is 507 Å². The molecular formula is C135H96N6. The lowest BCUT2D eigenvalue weighted by molar-refractivity contribution is 0.661. The zero-order chi connectivity index (χ0) is 93.8. The summed E-state index contributed by atoms with van der Waals surface area (Å²) in [5.74, 6) is 0. The van der Waals surface area contributed by atoms with E-state index in [1.54, 1.807) is 0 Å². The minimum atomic E-state index is -0.0705. The fraction of sp³-hybridized carbons (Fsp3) is 0.0667. The average Bonchev–Trinajstić information content (AvgIpc) is 1.55. The molecule has 30 rings (SSSR count).